The fourth-order valence-corrected chi connectivity index (χ4v) is 1.98. The Kier molecular flexibility index (Phi) is 8.72. The Morgan fingerprint density at radius 1 is 1.15 bits per heavy atom. The summed E-state index contributed by atoms with van der Waals surface area (Å²) in [5.41, 5.74) is 3.46. The molecule has 0 radical (unpaired) electrons. The smallest absolute Gasteiger partial charge is 0.240 e. The van der Waals surface area contributed by atoms with Gasteiger partial charge in [-0.2, -0.15) is 5.10 Å². The van der Waals surface area contributed by atoms with Gasteiger partial charge in [0.15, 0.2) is 0 Å². The number of amides is 1. The van der Waals surface area contributed by atoms with E-state index in [1.807, 2.05) is 12.1 Å². The van der Waals surface area contributed by atoms with Crippen molar-refractivity contribution < 1.29 is 4.79 Å². The predicted molar refractivity (Wildman–Crippen MR) is 85.2 cm³/mol. The van der Waals surface area contributed by atoms with Crippen LogP contribution in [0.5, 0.6) is 0 Å². The van der Waals surface area contributed by atoms with E-state index < -0.39 is 0 Å². The summed E-state index contributed by atoms with van der Waals surface area (Å²) in [6.07, 6.45) is 9.25. The standard InChI is InChI=1S/C16H23ClN2O/c1-2-3-4-5-6-7-8-16(20)19-18-13-14-9-11-15(17)12-10-14/h9-13H,2-8H2,1H3,(H,19,20)/b18-13-. The van der Waals surface area contributed by atoms with Gasteiger partial charge in [0.05, 0.1) is 6.21 Å². The summed E-state index contributed by atoms with van der Waals surface area (Å²) in [6.45, 7) is 2.20. The van der Waals surface area contributed by atoms with Gasteiger partial charge < -0.3 is 0 Å². The highest BCUT2D eigenvalue weighted by Gasteiger charge is 1.99. The molecular weight excluding hydrogens is 272 g/mol. The molecule has 0 atom stereocenters. The first-order valence-corrected chi connectivity index (χ1v) is 7.67. The predicted octanol–water partition coefficient (Wildman–Crippen LogP) is 4.54. The zero-order valence-corrected chi connectivity index (χ0v) is 12.8. The summed E-state index contributed by atoms with van der Waals surface area (Å²) in [4.78, 5) is 11.5. The Morgan fingerprint density at radius 3 is 2.50 bits per heavy atom. The molecule has 110 valence electrons. The van der Waals surface area contributed by atoms with Crippen LogP contribution in [0.15, 0.2) is 29.4 Å². The van der Waals surface area contributed by atoms with E-state index >= 15 is 0 Å². The monoisotopic (exact) mass is 294 g/mol. The normalized spacial score (nSPS) is 10.9. The number of hydrogen-bond acceptors (Lipinski definition) is 2. The molecule has 0 unspecified atom stereocenters. The van der Waals surface area contributed by atoms with E-state index in [0.717, 1.165) is 18.4 Å². The molecule has 0 saturated carbocycles. The number of benzene rings is 1. The lowest BCUT2D eigenvalue weighted by Gasteiger charge is -2.00. The van der Waals surface area contributed by atoms with E-state index in [0.29, 0.717) is 11.4 Å². The Hall–Kier alpha value is -1.35. The maximum Gasteiger partial charge on any atom is 0.240 e. The number of rotatable bonds is 9. The van der Waals surface area contributed by atoms with Crippen LogP contribution in [0, 0.1) is 0 Å². The summed E-state index contributed by atoms with van der Waals surface area (Å²) in [5, 5.41) is 4.62. The molecule has 0 aliphatic heterocycles. The largest absolute Gasteiger partial charge is 0.273 e. The maximum absolute atomic E-state index is 11.5. The van der Waals surface area contributed by atoms with Crippen molar-refractivity contribution in [3.63, 3.8) is 0 Å². The van der Waals surface area contributed by atoms with Crippen molar-refractivity contribution >= 4 is 23.7 Å². The fourth-order valence-electron chi connectivity index (χ4n) is 1.85. The van der Waals surface area contributed by atoms with Gasteiger partial charge in [-0.05, 0) is 24.1 Å². The lowest BCUT2D eigenvalue weighted by atomic mass is 10.1. The molecule has 0 aliphatic rings. The first kappa shape index (κ1) is 16.7. The van der Waals surface area contributed by atoms with Crippen molar-refractivity contribution in [1.29, 1.82) is 0 Å². The number of carbonyl (C=O) groups excluding carboxylic acids is 1. The molecule has 4 heteroatoms. The molecule has 1 rings (SSSR count). The SMILES string of the molecule is CCCCCCCCC(=O)N/N=C\c1ccc(Cl)cc1. The fraction of sp³-hybridized carbons (Fsp3) is 0.500. The lowest BCUT2D eigenvalue weighted by molar-refractivity contribution is -0.121. The minimum absolute atomic E-state index is 0.0225. The second-order valence-electron chi connectivity index (χ2n) is 4.86. The summed E-state index contributed by atoms with van der Waals surface area (Å²) in [6, 6.07) is 7.29. The molecule has 1 N–H and O–H groups in total. The van der Waals surface area contributed by atoms with E-state index in [2.05, 4.69) is 17.5 Å². The Balaban J connectivity index is 2.12. The van der Waals surface area contributed by atoms with Gasteiger partial charge in [-0.1, -0.05) is 62.8 Å². The zero-order chi connectivity index (χ0) is 14.6. The van der Waals surface area contributed by atoms with E-state index in [9.17, 15) is 4.79 Å². The molecule has 1 amide bonds. The maximum atomic E-state index is 11.5. The third kappa shape index (κ3) is 7.95. The lowest BCUT2D eigenvalue weighted by Crippen LogP contribution is -2.16. The third-order valence-corrected chi connectivity index (χ3v) is 3.28. The minimum atomic E-state index is -0.0225. The molecule has 0 heterocycles. The first-order chi connectivity index (χ1) is 9.72. The van der Waals surface area contributed by atoms with Gasteiger partial charge in [-0.3, -0.25) is 4.79 Å². The van der Waals surface area contributed by atoms with Crippen LogP contribution < -0.4 is 5.43 Å². The van der Waals surface area contributed by atoms with Crippen LogP contribution >= 0.6 is 11.6 Å². The summed E-state index contributed by atoms with van der Waals surface area (Å²) >= 11 is 5.78. The molecule has 1 aromatic rings. The molecule has 1 aromatic carbocycles. The number of nitrogens with one attached hydrogen (secondary N) is 1. The van der Waals surface area contributed by atoms with E-state index in [1.165, 1.54) is 25.7 Å². The van der Waals surface area contributed by atoms with Crippen LogP contribution in [0.1, 0.15) is 57.4 Å². The topological polar surface area (TPSA) is 41.5 Å². The van der Waals surface area contributed by atoms with Crippen molar-refractivity contribution in [1.82, 2.24) is 5.43 Å². The highest BCUT2D eigenvalue weighted by molar-refractivity contribution is 6.30. The molecule has 0 spiro atoms. The van der Waals surface area contributed by atoms with Gasteiger partial charge in [0.2, 0.25) is 5.91 Å². The zero-order valence-electron chi connectivity index (χ0n) is 12.1. The van der Waals surface area contributed by atoms with Gasteiger partial charge in [-0.25, -0.2) is 5.43 Å². The molecule has 0 aliphatic carbocycles. The summed E-state index contributed by atoms with van der Waals surface area (Å²) < 4.78 is 0. The number of hydrogen-bond donors (Lipinski definition) is 1. The van der Waals surface area contributed by atoms with Crippen LogP contribution in [-0.4, -0.2) is 12.1 Å². The molecule has 0 aromatic heterocycles. The van der Waals surface area contributed by atoms with Crippen LogP contribution in [-0.2, 0) is 4.79 Å². The van der Waals surface area contributed by atoms with Gasteiger partial charge in [0, 0.05) is 11.4 Å². The Labute approximate surface area is 126 Å². The van der Waals surface area contributed by atoms with Crippen LogP contribution in [0.25, 0.3) is 0 Å². The molecule has 0 saturated heterocycles. The van der Waals surface area contributed by atoms with Gasteiger partial charge in [0.25, 0.3) is 0 Å². The highest BCUT2D eigenvalue weighted by atomic mass is 35.5. The number of nitrogens with zero attached hydrogens (tertiary/aromatic N) is 1. The van der Waals surface area contributed by atoms with Crippen molar-refractivity contribution in [2.75, 3.05) is 0 Å². The van der Waals surface area contributed by atoms with Crippen LogP contribution in [0.2, 0.25) is 5.02 Å². The Morgan fingerprint density at radius 2 is 1.80 bits per heavy atom. The number of halogens is 1. The van der Waals surface area contributed by atoms with Crippen LogP contribution in [0.4, 0.5) is 0 Å². The third-order valence-electron chi connectivity index (χ3n) is 3.03. The average Bonchev–Trinajstić information content (AvgIpc) is 2.45. The summed E-state index contributed by atoms with van der Waals surface area (Å²) in [5.74, 6) is -0.0225. The van der Waals surface area contributed by atoms with E-state index in [4.69, 9.17) is 11.6 Å². The quantitative estimate of drug-likeness (QED) is 0.405. The van der Waals surface area contributed by atoms with Gasteiger partial charge >= 0.3 is 0 Å². The van der Waals surface area contributed by atoms with Crippen molar-refractivity contribution in [3.8, 4) is 0 Å². The average molecular weight is 295 g/mol. The number of hydrazone groups is 1. The second-order valence-corrected chi connectivity index (χ2v) is 5.30. The van der Waals surface area contributed by atoms with Gasteiger partial charge in [0.1, 0.15) is 0 Å². The van der Waals surface area contributed by atoms with E-state index in [1.54, 1.807) is 18.3 Å². The van der Waals surface area contributed by atoms with Crippen molar-refractivity contribution in [2.24, 2.45) is 5.10 Å². The van der Waals surface area contributed by atoms with Crippen molar-refractivity contribution in [2.45, 2.75) is 51.9 Å². The molecular formula is C16H23ClN2O. The van der Waals surface area contributed by atoms with E-state index in [-0.39, 0.29) is 5.91 Å². The molecule has 0 fully saturated rings. The van der Waals surface area contributed by atoms with Gasteiger partial charge in [-0.15, -0.1) is 0 Å². The molecule has 3 nitrogen and oxygen atoms in total. The first-order valence-electron chi connectivity index (χ1n) is 7.30. The minimum Gasteiger partial charge on any atom is -0.273 e. The Bertz CT molecular complexity index is 415. The molecule has 20 heavy (non-hydrogen) atoms. The van der Waals surface area contributed by atoms with Crippen molar-refractivity contribution in [3.05, 3.63) is 34.9 Å². The summed E-state index contributed by atoms with van der Waals surface area (Å²) in [7, 11) is 0. The molecule has 0 bridgehead atoms. The highest BCUT2D eigenvalue weighted by Crippen LogP contribution is 2.08. The number of unbranched alkanes of at least 4 members (excludes halogenated alkanes) is 5. The van der Waals surface area contributed by atoms with Crippen LogP contribution in [0.3, 0.4) is 0 Å². The number of carbonyl (C=O) groups is 1. The second kappa shape index (κ2) is 10.4.